The largest absolute Gasteiger partial charge is 0.756 e. The highest BCUT2D eigenvalue weighted by atomic mass is 31.2. The van der Waals surface area contributed by atoms with Crippen LogP contribution in [-0.4, -0.2) is 33.0 Å². The first-order valence-electron chi connectivity index (χ1n) is 8.82. The predicted octanol–water partition coefficient (Wildman–Crippen LogP) is 2.96. The number of aromatic nitrogens is 2. The van der Waals surface area contributed by atoms with Crippen LogP contribution in [0.25, 0.3) is 11.0 Å². The summed E-state index contributed by atoms with van der Waals surface area (Å²) >= 11 is 0. The quantitative estimate of drug-likeness (QED) is 0.800. The van der Waals surface area contributed by atoms with Gasteiger partial charge in [-0.05, 0) is 52.2 Å². The lowest BCUT2D eigenvalue weighted by Crippen LogP contribution is -2.25. The molecular formula is C18H26N2O5P-. The normalized spacial score (nSPS) is 26.3. The molecule has 1 heterocycles. The summed E-state index contributed by atoms with van der Waals surface area (Å²) in [4.78, 5) is 16.4. The van der Waals surface area contributed by atoms with Crippen molar-refractivity contribution in [3.63, 3.8) is 0 Å². The van der Waals surface area contributed by atoms with E-state index in [0.717, 1.165) is 16.6 Å². The maximum absolute atomic E-state index is 11.9. The molecule has 7 nitrogen and oxygen atoms in total. The number of hydrogen-bond acceptors (Lipinski definition) is 6. The smallest absolute Gasteiger partial charge is 0.268 e. The number of aryl methyl sites for hydroxylation is 1. The van der Waals surface area contributed by atoms with Gasteiger partial charge in [-0.3, -0.25) is 4.57 Å². The van der Waals surface area contributed by atoms with Gasteiger partial charge in [-0.25, -0.2) is 4.98 Å². The minimum absolute atomic E-state index is 0.0555. The zero-order chi connectivity index (χ0) is 19.1. The molecule has 4 atom stereocenters. The summed E-state index contributed by atoms with van der Waals surface area (Å²) in [5.74, 6) is -0.270. The van der Waals surface area contributed by atoms with Gasteiger partial charge in [0.1, 0.15) is 0 Å². The van der Waals surface area contributed by atoms with Crippen LogP contribution in [0.1, 0.15) is 45.2 Å². The number of benzene rings is 1. The molecular weight excluding hydrogens is 355 g/mol. The molecule has 3 rings (SSSR count). The lowest BCUT2D eigenvalue weighted by Gasteiger charge is -2.31. The van der Waals surface area contributed by atoms with Crippen molar-refractivity contribution in [3.05, 3.63) is 30.1 Å². The number of fused-ring (bicyclic) bond motifs is 1. The summed E-state index contributed by atoms with van der Waals surface area (Å²) in [7, 11) is -4.40. The van der Waals surface area contributed by atoms with E-state index < -0.39 is 19.5 Å². The number of rotatable bonds is 5. The summed E-state index contributed by atoms with van der Waals surface area (Å²) in [6.45, 7) is 6.87. The summed E-state index contributed by atoms with van der Waals surface area (Å²) in [5.41, 5.74) is 2.23. The molecule has 1 aliphatic carbocycles. The van der Waals surface area contributed by atoms with E-state index in [2.05, 4.69) is 9.55 Å². The van der Waals surface area contributed by atoms with Crippen LogP contribution in [0, 0.1) is 12.8 Å². The van der Waals surface area contributed by atoms with Crippen molar-refractivity contribution in [2.75, 3.05) is 6.61 Å². The van der Waals surface area contributed by atoms with E-state index in [0.29, 0.717) is 12.8 Å². The van der Waals surface area contributed by atoms with Crippen molar-refractivity contribution in [3.8, 4) is 0 Å². The average molecular weight is 381 g/mol. The van der Waals surface area contributed by atoms with Crippen LogP contribution in [0.2, 0.25) is 0 Å². The van der Waals surface area contributed by atoms with Gasteiger partial charge in [-0.1, -0.05) is 12.1 Å². The number of phosphoric ester groups is 1. The van der Waals surface area contributed by atoms with Gasteiger partial charge in [-0.15, -0.1) is 0 Å². The maximum atomic E-state index is 11.9. The summed E-state index contributed by atoms with van der Waals surface area (Å²) in [6.07, 6.45) is 2.32. The molecule has 1 saturated carbocycles. The molecule has 4 unspecified atom stereocenters. The number of aliphatic hydroxyl groups excluding tert-OH is 1. The first kappa shape index (κ1) is 19.5. The molecule has 0 bridgehead atoms. The third-order valence-electron chi connectivity index (χ3n) is 4.66. The van der Waals surface area contributed by atoms with Gasteiger partial charge in [0, 0.05) is 12.0 Å². The van der Waals surface area contributed by atoms with Crippen LogP contribution < -0.4 is 4.89 Å². The minimum Gasteiger partial charge on any atom is -0.756 e. The second-order valence-corrected chi connectivity index (χ2v) is 9.33. The number of nitrogens with zero attached hydrogens (tertiary/aromatic N) is 2. The molecule has 1 N–H and O–H groups in total. The average Bonchev–Trinajstić information content (AvgIpc) is 3.07. The number of imidazole rings is 1. The van der Waals surface area contributed by atoms with Crippen molar-refractivity contribution >= 4 is 18.9 Å². The van der Waals surface area contributed by atoms with Gasteiger partial charge < -0.3 is 23.6 Å². The molecule has 26 heavy (non-hydrogen) atoms. The SMILES string of the molecule is Cc1cccc2c1ncn2C1CC(O)C(COP(=O)([O-])OC(C)(C)C)C1. The van der Waals surface area contributed by atoms with Crippen LogP contribution in [0.3, 0.4) is 0 Å². The van der Waals surface area contributed by atoms with Gasteiger partial charge in [0.25, 0.3) is 7.82 Å². The van der Waals surface area contributed by atoms with Gasteiger partial charge in [0.2, 0.25) is 0 Å². The topological polar surface area (TPSA) is 96.6 Å². The molecule has 0 saturated heterocycles. The highest BCUT2D eigenvalue weighted by Gasteiger charge is 2.35. The second kappa shape index (κ2) is 7.06. The highest BCUT2D eigenvalue weighted by molar-refractivity contribution is 7.45. The maximum Gasteiger partial charge on any atom is 0.268 e. The number of phosphoric acid groups is 1. The standard InChI is InChI=1S/C18H27N2O5P/c1-12-6-5-7-15-17(12)19-11-20(15)14-8-13(16(21)9-14)10-24-26(22,23)25-18(2,3)4/h5-7,11,13-14,16,21H,8-10H2,1-4H3,(H,22,23)/p-1. The van der Waals surface area contributed by atoms with Gasteiger partial charge in [-0.2, -0.15) is 0 Å². The molecule has 0 radical (unpaired) electrons. The van der Waals surface area contributed by atoms with E-state index >= 15 is 0 Å². The van der Waals surface area contributed by atoms with Crippen molar-refractivity contribution in [1.82, 2.24) is 9.55 Å². The second-order valence-electron chi connectivity index (χ2n) is 7.99. The Morgan fingerprint density at radius 3 is 2.81 bits per heavy atom. The molecule has 1 fully saturated rings. The number of aliphatic hydroxyl groups is 1. The molecule has 1 aromatic heterocycles. The Labute approximate surface area is 153 Å². The molecule has 0 aliphatic heterocycles. The van der Waals surface area contributed by atoms with E-state index in [1.165, 1.54) is 0 Å². The molecule has 1 aliphatic rings. The Hall–Kier alpha value is -1.24. The number of hydrogen-bond donors (Lipinski definition) is 1. The molecule has 0 spiro atoms. The van der Waals surface area contributed by atoms with Gasteiger partial charge in [0.15, 0.2) is 0 Å². The van der Waals surface area contributed by atoms with Crippen LogP contribution in [0.5, 0.6) is 0 Å². The van der Waals surface area contributed by atoms with E-state index in [-0.39, 0.29) is 18.6 Å². The Morgan fingerprint density at radius 1 is 1.38 bits per heavy atom. The third-order valence-corrected chi connectivity index (χ3v) is 5.90. The molecule has 0 amide bonds. The van der Waals surface area contributed by atoms with Crippen LogP contribution >= 0.6 is 7.82 Å². The zero-order valence-electron chi connectivity index (χ0n) is 15.6. The Bertz CT molecular complexity index is 829. The summed E-state index contributed by atoms with van der Waals surface area (Å²) in [6, 6.07) is 6.06. The fraction of sp³-hybridized carbons (Fsp3) is 0.611. The van der Waals surface area contributed by atoms with E-state index in [1.54, 1.807) is 27.1 Å². The van der Waals surface area contributed by atoms with Gasteiger partial charge >= 0.3 is 0 Å². The van der Waals surface area contributed by atoms with Crippen LogP contribution in [0.4, 0.5) is 0 Å². The molecule has 1 aromatic carbocycles. The monoisotopic (exact) mass is 381 g/mol. The first-order valence-corrected chi connectivity index (χ1v) is 10.3. The molecule has 8 heteroatoms. The Balaban J connectivity index is 1.68. The van der Waals surface area contributed by atoms with Crippen molar-refractivity contribution in [1.29, 1.82) is 0 Å². The van der Waals surface area contributed by atoms with Crippen molar-refractivity contribution in [2.45, 2.75) is 58.3 Å². The number of para-hydroxylation sites is 1. The predicted molar refractivity (Wildman–Crippen MR) is 96.6 cm³/mol. The van der Waals surface area contributed by atoms with E-state index in [1.807, 2.05) is 25.1 Å². The lowest BCUT2D eigenvalue weighted by atomic mass is 10.1. The minimum atomic E-state index is -4.40. The van der Waals surface area contributed by atoms with Crippen LogP contribution in [0.15, 0.2) is 24.5 Å². The third kappa shape index (κ3) is 4.35. The Kier molecular flexibility index (Phi) is 5.30. The molecule has 2 aromatic rings. The lowest BCUT2D eigenvalue weighted by molar-refractivity contribution is -0.235. The van der Waals surface area contributed by atoms with Crippen molar-refractivity contribution in [2.24, 2.45) is 5.92 Å². The van der Waals surface area contributed by atoms with E-state index in [9.17, 15) is 14.6 Å². The van der Waals surface area contributed by atoms with Crippen LogP contribution in [-0.2, 0) is 13.6 Å². The van der Waals surface area contributed by atoms with Gasteiger partial charge in [0.05, 0.1) is 35.7 Å². The zero-order valence-corrected chi connectivity index (χ0v) is 16.5. The fourth-order valence-electron chi connectivity index (χ4n) is 3.52. The highest BCUT2D eigenvalue weighted by Crippen LogP contribution is 2.45. The van der Waals surface area contributed by atoms with Crippen molar-refractivity contribution < 1.29 is 23.6 Å². The first-order chi connectivity index (χ1) is 12.1. The molecule has 144 valence electrons. The summed E-state index contributed by atoms with van der Waals surface area (Å²) in [5, 5.41) is 10.4. The summed E-state index contributed by atoms with van der Waals surface area (Å²) < 4.78 is 24.0. The Morgan fingerprint density at radius 2 is 2.12 bits per heavy atom. The van der Waals surface area contributed by atoms with E-state index in [4.69, 9.17) is 9.05 Å². The fourth-order valence-corrected chi connectivity index (χ4v) is 4.62.